The van der Waals surface area contributed by atoms with E-state index in [4.69, 9.17) is 5.73 Å². The first kappa shape index (κ1) is 17.5. The predicted molar refractivity (Wildman–Crippen MR) is 87.1 cm³/mol. The Labute approximate surface area is 130 Å². The van der Waals surface area contributed by atoms with Gasteiger partial charge in [0.25, 0.3) is 0 Å². The largest absolute Gasteiger partial charge is 0.399 e. The summed E-state index contributed by atoms with van der Waals surface area (Å²) < 4.78 is 27.4. The minimum absolute atomic E-state index is 0.198. The molecule has 4 nitrogen and oxygen atoms in total. The molecule has 6 heteroatoms. The van der Waals surface area contributed by atoms with Crippen LogP contribution in [0.15, 0.2) is 27.6 Å². The zero-order valence-electron chi connectivity index (χ0n) is 11.9. The number of nitrogens with two attached hydrogens (primary N) is 1. The number of halogens is 1. The number of hydrogen-bond acceptors (Lipinski definition) is 3. The number of hydrogen-bond donors (Lipinski definition) is 2. The Morgan fingerprint density at radius 3 is 2.50 bits per heavy atom. The van der Waals surface area contributed by atoms with E-state index >= 15 is 0 Å². The molecule has 0 aromatic heterocycles. The quantitative estimate of drug-likeness (QED) is 0.519. The minimum Gasteiger partial charge on any atom is -0.399 e. The Balaban J connectivity index is 2.44. The van der Waals surface area contributed by atoms with E-state index in [1.807, 2.05) is 0 Å². The Kier molecular flexibility index (Phi) is 7.55. The first-order chi connectivity index (χ1) is 9.47. The fraction of sp³-hybridized carbons (Fsp3) is 0.571. The summed E-state index contributed by atoms with van der Waals surface area (Å²) in [5.74, 6) is 0. The molecule has 0 saturated carbocycles. The lowest BCUT2D eigenvalue weighted by atomic mass is 10.1. The summed E-state index contributed by atoms with van der Waals surface area (Å²) in [7, 11) is -3.49. The molecular weight excluding hydrogens is 340 g/mol. The number of sulfonamides is 1. The van der Waals surface area contributed by atoms with Crippen LogP contribution in [0, 0.1) is 0 Å². The number of rotatable bonds is 9. The highest BCUT2D eigenvalue weighted by Crippen LogP contribution is 2.24. The molecule has 1 aromatic rings. The molecule has 1 rings (SSSR count). The van der Waals surface area contributed by atoms with Gasteiger partial charge in [0.15, 0.2) is 0 Å². The minimum atomic E-state index is -3.49. The van der Waals surface area contributed by atoms with Crippen LogP contribution < -0.4 is 10.5 Å². The molecule has 0 saturated heterocycles. The van der Waals surface area contributed by atoms with Crippen molar-refractivity contribution in [1.29, 1.82) is 0 Å². The summed E-state index contributed by atoms with van der Waals surface area (Å²) in [5.41, 5.74) is 6.07. The van der Waals surface area contributed by atoms with Crippen molar-refractivity contribution < 1.29 is 8.42 Å². The predicted octanol–water partition coefficient (Wildman–Crippen LogP) is 3.67. The number of anilines is 1. The van der Waals surface area contributed by atoms with Gasteiger partial charge in [-0.25, -0.2) is 13.1 Å². The van der Waals surface area contributed by atoms with Crippen molar-refractivity contribution in [2.45, 2.75) is 50.3 Å². The molecule has 0 aliphatic heterocycles. The lowest BCUT2D eigenvalue weighted by molar-refractivity contribution is 0.567. The van der Waals surface area contributed by atoms with E-state index in [0.29, 0.717) is 16.7 Å². The molecule has 0 fully saturated rings. The molecule has 0 heterocycles. The van der Waals surface area contributed by atoms with Crippen LogP contribution in [0.3, 0.4) is 0 Å². The molecule has 0 radical (unpaired) electrons. The lowest BCUT2D eigenvalue weighted by Crippen LogP contribution is -2.25. The van der Waals surface area contributed by atoms with Gasteiger partial charge in [0.05, 0.1) is 4.90 Å². The van der Waals surface area contributed by atoms with E-state index in [0.717, 1.165) is 19.3 Å². The Bertz CT molecular complexity index is 518. The van der Waals surface area contributed by atoms with Gasteiger partial charge in [-0.2, -0.15) is 0 Å². The average molecular weight is 363 g/mol. The maximum absolute atomic E-state index is 12.1. The van der Waals surface area contributed by atoms with Gasteiger partial charge in [-0.05, 0) is 40.5 Å². The molecule has 114 valence electrons. The van der Waals surface area contributed by atoms with Crippen LogP contribution >= 0.6 is 15.9 Å². The average Bonchev–Trinajstić information content (AvgIpc) is 2.40. The monoisotopic (exact) mass is 362 g/mol. The molecule has 3 N–H and O–H groups in total. The van der Waals surface area contributed by atoms with Crippen molar-refractivity contribution in [1.82, 2.24) is 4.72 Å². The van der Waals surface area contributed by atoms with Gasteiger partial charge in [-0.3, -0.25) is 0 Å². The number of benzene rings is 1. The van der Waals surface area contributed by atoms with Crippen LogP contribution in [0.4, 0.5) is 5.69 Å². The van der Waals surface area contributed by atoms with Gasteiger partial charge in [0.1, 0.15) is 0 Å². The third-order valence-electron chi connectivity index (χ3n) is 3.07. The summed E-state index contributed by atoms with van der Waals surface area (Å²) >= 11 is 3.24. The summed E-state index contributed by atoms with van der Waals surface area (Å²) in [5, 5.41) is 0. The van der Waals surface area contributed by atoms with E-state index in [1.165, 1.54) is 25.3 Å². The Morgan fingerprint density at radius 2 is 1.80 bits per heavy atom. The van der Waals surface area contributed by atoms with Gasteiger partial charge in [-0.15, -0.1) is 0 Å². The fourth-order valence-electron chi connectivity index (χ4n) is 1.92. The van der Waals surface area contributed by atoms with Crippen LogP contribution in [-0.4, -0.2) is 15.0 Å². The standard InChI is InChI=1S/C14H23BrN2O2S/c1-2-3-4-5-6-7-10-17-20(18,19)14-11-12(16)8-9-13(14)15/h8-9,11,17H,2-7,10,16H2,1H3. The van der Waals surface area contributed by atoms with Crippen molar-refractivity contribution in [3.8, 4) is 0 Å². The normalized spacial score (nSPS) is 11.7. The van der Waals surface area contributed by atoms with Gasteiger partial charge in [0.2, 0.25) is 10.0 Å². The van der Waals surface area contributed by atoms with Gasteiger partial charge >= 0.3 is 0 Å². The maximum atomic E-state index is 12.1. The molecule has 0 unspecified atom stereocenters. The zero-order valence-corrected chi connectivity index (χ0v) is 14.3. The molecule has 0 aliphatic rings. The molecule has 0 amide bonds. The van der Waals surface area contributed by atoms with Crippen molar-refractivity contribution in [3.63, 3.8) is 0 Å². The molecule has 20 heavy (non-hydrogen) atoms. The third-order valence-corrected chi connectivity index (χ3v) is 5.52. The van der Waals surface area contributed by atoms with Crippen LogP contribution in [-0.2, 0) is 10.0 Å². The summed E-state index contributed by atoms with van der Waals surface area (Å²) in [6, 6.07) is 4.78. The highest BCUT2D eigenvalue weighted by atomic mass is 79.9. The number of nitrogen functional groups attached to an aromatic ring is 1. The Hall–Kier alpha value is -0.590. The van der Waals surface area contributed by atoms with Crippen LogP contribution in [0.2, 0.25) is 0 Å². The van der Waals surface area contributed by atoms with Crippen molar-refractivity contribution in [2.75, 3.05) is 12.3 Å². The first-order valence-corrected chi connectivity index (χ1v) is 9.29. The molecular formula is C14H23BrN2O2S. The first-order valence-electron chi connectivity index (χ1n) is 7.02. The smallest absolute Gasteiger partial charge is 0.241 e. The van der Waals surface area contributed by atoms with Crippen molar-refractivity contribution in [2.24, 2.45) is 0 Å². The molecule has 0 atom stereocenters. The molecule has 1 aromatic carbocycles. The topological polar surface area (TPSA) is 72.2 Å². The SMILES string of the molecule is CCCCCCCCNS(=O)(=O)c1cc(N)ccc1Br. The lowest BCUT2D eigenvalue weighted by Gasteiger charge is -2.09. The van der Waals surface area contributed by atoms with E-state index in [1.54, 1.807) is 12.1 Å². The molecule has 0 aliphatic carbocycles. The van der Waals surface area contributed by atoms with Crippen LogP contribution in [0.25, 0.3) is 0 Å². The highest BCUT2D eigenvalue weighted by molar-refractivity contribution is 9.10. The van der Waals surface area contributed by atoms with Gasteiger partial charge in [-0.1, -0.05) is 39.0 Å². The Morgan fingerprint density at radius 1 is 1.15 bits per heavy atom. The zero-order chi connectivity index (χ0) is 15.0. The fourth-order valence-corrected chi connectivity index (χ4v) is 3.99. The van der Waals surface area contributed by atoms with E-state index in [-0.39, 0.29) is 4.90 Å². The van der Waals surface area contributed by atoms with Gasteiger partial charge in [0, 0.05) is 16.7 Å². The van der Waals surface area contributed by atoms with E-state index < -0.39 is 10.0 Å². The van der Waals surface area contributed by atoms with Crippen molar-refractivity contribution in [3.05, 3.63) is 22.7 Å². The van der Waals surface area contributed by atoms with Crippen LogP contribution in [0.5, 0.6) is 0 Å². The summed E-state index contributed by atoms with van der Waals surface area (Å²) in [6.45, 7) is 2.65. The molecule has 0 bridgehead atoms. The van der Waals surface area contributed by atoms with Gasteiger partial charge < -0.3 is 5.73 Å². The molecule has 0 spiro atoms. The second kappa shape index (κ2) is 8.64. The maximum Gasteiger partial charge on any atom is 0.241 e. The van der Waals surface area contributed by atoms with E-state index in [9.17, 15) is 8.42 Å². The third kappa shape index (κ3) is 5.81. The highest BCUT2D eigenvalue weighted by Gasteiger charge is 2.17. The number of unbranched alkanes of at least 4 members (excludes halogenated alkanes) is 5. The second-order valence-corrected chi connectivity index (χ2v) is 7.45. The van der Waals surface area contributed by atoms with Crippen LogP contribution in [0.1, 0.15) is 45.4 Å². The van der Waals surface area contributed by atoms with Crippen molar-refractivity contribution >= 4 is 31.6 Å². The summed E-state index contributed by atoms with van der Waals surface area (Å²) in [6.07, 6.45) is 6.78. The number of nitrogens with one attached hydrogen (secondary N) is 1. The second-order valence-electron chi connectivity index (χ2n) is 4.86. The summed E-state index contributed by atoms with van der Waals surface area (Å²) in [4.78, 5) is 0.198. The van der Waals surface area contributed by atoms with E-state index in [2.05, 4.69) is 27.6 Å².